The van der Waals surface area contributed by atoms with Gasteiger partial charge in [0.2, 0.25) is 0 Å². The van der Waals surface area contributed by atoms with E-state index in [1.165, 1.54) is 0 Å². The molecule has 0 aliphatic carbocycles. The molecule has 0 aliphatic heterocycles. The minimum Gasteiger partial charge on any atom is -0.488 e. The Labute approximate surface area is 125 Å². The highest BCUT2D eigenvalue weighted by atomic mass is 16.5. The molecule has 0 saturated heterocycles. The Hall–Kier alpha value is -1.91. The van der Waals surface area contributed by atoms with Gasteiger partial charge < -0.3 is 15.2 Å². The SMILES string of the molecule is CNCc1nc(C)ccc1OCC(C)(O)c1ccccc1. The van der Waals surface area contributed by atoms with Gasteiger partial charge in [0.1, 0.15) is 18.0 Å². The minimum atomic E-state index is -1.04. The molecule has 1 heterocycles. The third-order valence-electron chi connectivity index (χ3n) is 3.32. The maximum atomic E-state index is 10.6. The van der Waals surface area contributed by atoms with Gasteiger partial charge in [-0.3, -0.25) is 4.98 Å². The minimum absolute atomic E-state index is 0.179. The lowest BCUT2D eigenvalue weighted by molar-refractivity contribution is 0.00714. The number of nitrogens with one attached hydrogen (secondary N) is 1. The molecule has 2 rings (SSSR count). The number of pyridine rings is 1. The first-order valence-corrected chi connectivity index (χ1v) is 7.05. The van der Waals surface area contributed by atoms with Crippen molar-refractivity contribution in [3.8, 4) is 5.75 Å². The second-order valence-electron chi connectivity index (χ2n) is 5.36. The summed E-state index contributed by atoms with van der Waals surface area (Å²) in [5.74, 6) is 0.700. The molecule has 2 N–H and O–H groups in total. The molecule has 4 heteroatoms. The Morgan fingerprint density at radius 2 is 1.90 bits per heavy atom. The van der Waals surface area contributed by atoms with Crippen molar-refractivity contribution >= 4 is 0 Å². The summed E-state index contributed by atoms with van der Waals surface area (Å²) >= 11 is 0. The van der Waals surface area contributed by atoms with Crippen LogP contribution in [0.15, 0.2) is 42.5 Å². The van der Waals surface area contributed by atoms with Crippen LogP contribution in [0.1, 0.15) is 23.9 Å². The van der Waals surface area contributed by atoms with Crippen LogP contribution in [-0.4, -0.2) is 23.7 Å². The average molecular weight is 286 g/mol. The first kappa shape index (κ1) is 15.5. The number of nitrogens with zero attached hydrogens (tertiary/aromatic N) is 1. The van der Waals surface area contributed by atoms with Crippen LogP contribution in [0, 0.1) is 6.92 Å². The Morgan fingerprint density at radius 1 is 1.19 bits per heavy atom. The zero-order chi connectivity index (χ0) is 15.3. The molecule has 1 aromatic carbocycles. The summed E-state index contributed by atoms with van der Waals surface area (Å²) in [5, 5.41) is 13.6. The summed E-state index contributed by atoms with van der Waals surface area (Å²) in [5.41, 5.74) is 1.59. The second-order valence-corrected chi connectivity index (χ2v) is 5.36. The fraction of sp³-hybridized carbons (Fsp3) is 0.353. The zero-order valence-corrected chi connectivity index (χ0v) is 12.8. The Kier molecular flexibility index (Phi) is 4.94. The van der Waals surface area contributed by atoms with Gasteiger partial charge in [0.05, 0.1) is 5.69 Å². The van der Waals surface area contributed by atoms with Crippen molar-refractivity contribution in [1.82, 2.24) is 10.3 Å². The van der Waals surface area contributed by atoms with Crippen molar-refractivity contribution in [2.24, 2.45) is 0 Å². The van der Waals surface area contributed by atoms with E-state index in [9.17, 15) is 5.11 Å². The first-order chi connectivity index (χ1) is 10.0. The van der Waals surface area contributed by atoms with E-state index in [1.807, 2.05) is 56.4 Å². The third-order valence-corrected chi connectivity index (χ3v) is 3.32. The summed E-state index contributed by atoms with van der Waals surface area (Å²) in [6.07, 6.45) is 0. The molecule has 4 nitrogen and oxygen atoms in total. The quantitative estimate of drug-likeness (QED) is 0.856. The van der Waals surface area contributed by atoms with Crippen molar-refractivity contribution < 1.29 is 9.84 Å². The van der Waals surface area contributed by atoms with Crippen LogP contribution in [0.2, 0.25) is 0 Å². The fourth-order valence-electron chi connectivity index (χ4n) is 2.12. The lowest BCUT2D eigenvalue weighted by atomic mass is 9.97. The standard InChI is InChI=1S/C17H22N2O2/c1-13-9-10-16(15(19-13)11-18-3)21-12-17(2,20)14-7-5-4-6-8-14/h4-10,18,20H,11-12H2,1-3H3. The average Bonchev–Trinajstić information content (AvgIpc) is 2.48. The maximum Gasteiger partial charge on any atom is 0.142 e. The molecule has 1 atom stereocenters. The molecule has 0 aliphatic rings. The molecular weight excluding hydrogens is 264 g/mol. The van der Waals surface area contributed by atoms with Crippen LogP contribution in [0.5, 0.6) is 5.75 Å². The van der Waals surface area contributed by atoms with Crippen LogP contribution in [-0.2, 0) is 12.1 Å². The Morgan fingerprint density at radius 3 is 2.57 bits per heavy atom. The van der Waals surface area contributed by atoms with Gasteiger partial charge in [-0.15, -0.1) is 0 Å². The highest BCUT2D eigenvalue weighted by molar-refractivity contribution is 5.30. The summed E-state index contributed by atoms with van der Waals surface area (Å²) in [6.45, 7) is 4.51. The maximum absolute atomic E-state index is 10.6. The van der Waals surface area contributed by atoms with Gasteiger partial charge in [-0.25, -0.2) is 0 Å². The van der Waals surface area contributed by atoms with E-state index >= 15 is 0 Å². The van der Waals surface area contributed by atoms with Crippen LogP contribution in [0.4, 0.5) is 0 Å². The van der Waals surface area contributed by atoms with Crippen molar-refractivity contribution in [3.63, 3.8) is 0 Å². The number of aromatic nitrogens is 1. The summed E-state index contributed by atoms with van der Waals surface area (Å²) in [6, 6.07) is 13.3. The lowest BCUT2D eigenvalue weighted by Gasteiger charge is -2.24. The van der Waals surface area contributed by atoms with E-state index in [-0.39, 0.29) is 6.61 Å². The largest absolute Gasteiger partial charge is 0.488 e. The number of benzene rings is 1. The summed E-state index contributed by atoms with van der Waals surface area (Å²) in [7, 11) is 1.87. The van der Waals surface area contributed by atoms with Crippen LogP contribution in [0.3, 0.4) is 0 Å². The van der Waals surface area contributed by atoms with E-state index in [2.05, 4.69) is 10.3 Å². The highest BCUT2D eigenvalue weighted by Gasteiger charge is 2.24. The molecule has 0 spiro atoms. The van der Waals surface area contributed by atoms with E-state index in [1.54, 1.807) is 6.92 Å². The van der Waals surface area contributed by atoms with E-state index in [0.717, 1.165) is 17.0 Å². The summed E-state index contributed by atoms with van der Waals surface area (Å²) in [4.78, 5) is 4.47. The molecule has 1 aromatic heterocycles. The summed E-state index contributed by atoms with van der Waals surface area (Å²) < 4.78 is 5.81. The van der Waals surface area contributed by atoms with Crippen LogP contribution >= 0.6 is 0 Å². The monoisotopic (exact) mass is 286 g/mol. The van der Waals surface area contributed by atoms with Gasteiger partial charge in [0.15, 0.2) is 0 Å². The van der Waals surface area contributed by atoms with Gasteiger partial charge in [-0.05, 0) is 38.6 Å². The number of ether oxygens (including phenoxy) is 1. The molecule has 2 aromatic rings. The number of hydrogen-bond donors (Lipinski definition) is 2. The van der Waals surface area contributed by atoms with Gasteiger partial charge in [-0.1, -0.05) is 30.3 Å². The van der Waals surface area contributed by atoms with Gasteiger partial charge in [0, 0.05) is 12.2 Å². The molecule has 0 saturated carbocycles. The predicted octanol–water partition coefficient (Wildman–Crippen LogP) is 2.40. The predicted molar refractivity (Wildman–Crippen MR) is 83.2 cm³/mol. The van der Waals surface area contributed by atoms with Crippen molar-refractivity contribution in [3.05, 3.63) is 59.4 Å². The topological polar surface area (TPSA) is 54.4 Å². The molecule has 0 fully saturated rings. The van der Waals surface area contributed by atoms with E-state index in [0.29, 0.717) is 12.3 Å². The Balaban J connectivity index is 2.12. The van der Waals surface area contributed by atoms with E-state index < -0.39 is 5.60 Å². The van der Waals surface area contributed by atoms with Gasteiger partial charge >= 0.3 is 0 Å². The molecule has 1 unspecified atom stereocenters. The van der Waals surface area contributed by atoms with Crippen LogP contribution < -0.4 is 10.1 Å². The number of hydrogen-bond acceptors (Lipinski definition) is 4. The zero-order valence-electron chi connectivity index (χ0n) is 12.8. The van der Waals surface area contributed by atoms with Crippen molar-refractivity contribution in [1.29, 1.82) is 0 Å². The van der Waals surface area contributed by atoms with Gasteiger partial charge in [0.25, 0.3) is 0 Å². The number of rotatable bonds is 6. The van der Waals surface area contributed by atoms with Crippen LogP contribution in [0.25, 0.3) is 0 Å². The highest BCUT2D eigenvalue weighted by Crippen LogP contribution is 2.24. The second kappa shape index (κ2) is 6.70. The number of aryl methyl sites for hydroxylation is 1. The third kappa shape index (κ3) is 4.03. The molecule has 0 bridgehead atoms. The molecule has 112 valence electrons. The fourth-order valence-corrected chi connectivity index (χ4v) is 2.12. The normalized spacial score (nSPS) is 13.7. The molecular formula is C17H22N2O2. The van der Waals surface area contributed by atoms with E-state index in [4.69, 9.17) is 4.74 Å². The Bertz CT molecular complexity index is 583. The molecule has 0 radical (unpaired) electrons. The molecule has 0 amide bonds. The number of aliphatic hydroxyl groups is 1. The van der Waals surface area contributed by atoms with Crippen molar-refractivity contribution in [2.75, 3.05) is 13.7 Å². The molecule has 21 heavy (non-hydrogen) atoms. The smallest absolute Gasteiger partial charge is 0.142 e. The van der Waals surface area contributed by atoms with Crippen molar-refractivity contribution in [2.45, 2.75) is 26.0 Å². The lowest BCUT2D eigenvalue weighted by Crippen LogP contribution is -2.29. The first-order valence-electron chi connectivity index (χ1n) is 7.05. The van der Waals surface area contributed by atoms with Gasteiger partial charge in [-0.2, -0.15) is 0 Å².